The van der Waals surface area contributed by atoms with Gasteiger partial charge in [-0.05, 0) is 45.7 Å². The first kappa shape index (κ1) is 22.2. The van der Waals surface area contributed by atoms with Gasteiger partial charge in [-0.2, -0.15) is 0 Å². The molecule has 0 N–H and O–H groups in total. The first-order chi connectivity index (χ1) is 14.3. The molecule has 0 bridgehead atoms. The Bertz CT molecular complexity index is 773. The molecule has 0 aliphatic carbocycles. The van der Waals surface area contributed by atoms with Crippen LogP contribution in [0.15, 0.2) is 18.3 Å². The van der Waals surface area contributed by atoms with Gasteiger partial charge in [0.1, 0.15) is 11.3 Å². The zero-order valence-electron chi connectivity index (χ0n) is 18.5. The van der Waals surface area contributed by atoms with Crippen molar-refractivity contribution in [2.75, 3.05) is 45.8 Å². The first-order valence-electron chi connectivity index (χ1n) is 10.9. The summed E-state index contributed by atoms with van der Waals surface area (Å²) in [6, 6.07) is 4.07. The molecule has 1 aromatic rings. The SMILES string of the molecule is C#CCCN1CCN(C(=O)c2cccn2C2CCN(C(=O)OC(C)(C)C)CC2)CC1. The van der Waals surface area contributed by atoms with Gasteiger partial charge in [-0.25, -0.2) is 4.79 Å². The van der Waals surface area contributed by atoms with Gasteiger partial charge in [0.15, 0.2) is 0 Å². The second-order valence-corrected chi connectivity index (χ2v) is 9.09. The average molecular weight is 415 g/mol. The van der Waals surface area contributed by atoms with E-state index in [0.29, 0.717) is 13.1 Å². The predicted molar refractivity (Wildman–Crippen MR) is 116 cm³/mol. The molecule has 7 heteroatoms. The summed E-state index contributed by atoms with van der Waals surface area (Å²) in [5.41, 5.74) is 0.251. The van der Waals surface area contributed by atoms with Gasteiger partial charge in [0, 0.05) is 64.5 Å². The maximum Gasteiger partial charge on any atom is 0.410 e. The normalized spacial score (nSPS) is 18.9. The fraction of sp³-hybridized carbons (Fsp3) is 0.652. The molecule has 1 aromatic heterocycles. The van der Waals surface area contributed by atoms with Gasteiger partial charge in [0.2, 0.25) is 0 Å². The molecule has 0 atom stereocenters. The van der Waals surface area contributed by atoms with E-state index in [1.807, 2.05) is 44.0 Å². The topological polar surface area (TPSA) is 58.0 Å². The van der Waals surface area contributed by atoms with Crippen LogP contribution in [-0.4, -0.2) is 82.7 Å². The summed E-state index contributed by atoms with van der Waals surface area (Å²) in [5, 5.41) is 0. The molecule has 2 aliphatic rings. The van der Waals surface area contributed by atoms with E-state index in [2.05, 4.69) is 15.4 Å². The zero-order chi connectivity index (χ0) is 21.7. The van der Waals surface area contributed by atoms with Crippen LogP contribution in [0.4, 0.5) is 4.79 Å². The highest BCUT2D eigenvalue weighted by atomic mass is 16.6. The number of nitrogens with zero attached hydrogens (tertiary/aromatic N) is 4. The van der Waals surface area contributed by atoms with E-state index < -0.39 is 5.60 Å². The third-order valence-corrected chi connectivity index (χ3v) is 5.74. The quantitative estimate of drug-likeness (QED) is 0.711. The van der Waals surface area contributed by atoms with E-state index in [9.17, 15) is 9.59 Å². The highest BCUT2D eigenvalue weighted by Crippen LogP contribution is 2.26. The third-order valence-electron chi connectivity index (χ3n) is 5.74. The molecule has 164 valence electrons. The van der Waals surface area contributed by atoms with Gasteiger partial charge in [-0.1, -0.05) is 0 Å². The molecular formula is C23H34N4O3. The Morgan fingerprint density at radius 1 is 1.10 bits per heavy atom. The van der Waals surface area contributed by atoms with Crippen molar-refractivity contribution in [3.63, 3.8) is 0 Å². The Labute approximate surface area is 179 Å². The Kier molecular flexibility index (Phi) is 7.09. The molecule has 2 fully saturated rings. The standard InChI is InChI=1S/C23H34N4O3/c1-5-6-11-24-15-17-25(18-16-24)21(28)20-8-7-12-27(20)19-9-13-26(14-10-19)22(29)30-23(2,3)4/h1,7-8,12,19H,6,9-11,13-18H2,2-4H3. The van der Waals surface area contributed by atoms with Crippen LogP contribution < -0.4 is 0 Å². The van der Waals surface area contributed by atoms with Gasteiger partial charge in [-0.3, -0.25) is 9.69 Å². The molecule has 0 spiro atoms. The largest absolute Gasteiger partial charge is 0.444 e. The van der Waals surface area contributed by atoms with E-state index >= 15 is 0 Å². The lowest BCUT2D eigenvalue weighted by atomic mass is 10.0. The summed E-state index contributed by atoms with van der Waals surface area (Å²) >= 11 is 0. The van der Waals surface area contributed by atoms with Crippen molar-refractivity contribution in [2.45, 2.75) is 51.7 Å². The van der Waals surface area contributed by atoms with Gasteiger partial charge >= 0.3 is 6.09 Å². The molecule has 3 rings (SSSR count). The highest BCUT2D eigenvalue weighted by Gasteiger charge is 2.30. The fourth-order valence-corrected chi connectivity index (χ4v) is 4.11. The summed E-state index contributed by atoms with van der Waals surface area (Å²) in [6.07, 6.45) is 9.46. The van der Waals surface area contributed by atoms with Crippen molar-refractivity contribution in [2.24, 2.45) is 0 Å². The van der Waals surface area contributed by atoms with Crippen LogP contribution in [0.1, 0.15) is 56.6 Å². The number of ether oxygens (including phenoxy) is 1. The molecule has 2 amide bonds. The van der Waals surface area contributed by atoms with E-state index in [-0.39, 0.29) is 18.0 Å². The van der Waals surface area contributed by atoms with E-state index in [1.54, 1.807) is 4.90 Å². The fourth-order valence-electron chi connectivity index (χ4n) is 4.11. The summed E-state index contributed by atoms with van der Waals surface area (Å²) in [4.78, 5) is 31.5. The summed E-state index contributed by atoms with van der Waals surface area (Å²) in [6.45, 7) is 11.0. The molecule has 7 nitrogen and oxygen atoms in total. The lowest BCUT2D eigenvalue weighted by molar-refractivity contribution is 0.0186. The number of piperazine rings is 1. The lowest BCUT2D eigenvalue weighted by Crippen LogP contribution is -2.49. The number of aromatic nitrogens is 1. The second kappa shape index (κ2) is 9.57. The van der Waals surface area contributed by atoms with Crippen LogP contribution in [0.25, 0.3) is 0 Å². The highest BCUT2D eigenvalue weighted by molar-refractivity contribution is 5.93. The first-order valence-corrected chi connectivity index (χ1v) is 10.9. The monoisotopic (exact) mass is 414 g/mol. The molecule has 0 aromatic carbocycles. The number of carbonyl (C=O) groups excluding carboxylic acids is 2. The zero-order valence-corrected chi connectivity index (χ0v) is 18.5. The molecule has 0 saturated carbocycles. The number of rotatable bonds is 4. The minimum Gasteiger partial charge on any atom is -0.444 e. The van der Waals surface area contributed by atoms with E-state index in [0.717, 1.165) is 57.7 Å². The second-order valence-electron chi connectivity index (χ2n) is 9.09. The molecular weight excluding hydrogens is 380 g/mol. The van der Waals surface area contributed by atoms with Crippen molar-refractivity contribution in [3.05, 3.63) is 24.0 Å². The average Bonchev–Trinajstić information content (AvgIpc) is 3.21. The van der Waals surface area contributed by atoms with Crippen LogP contribution in [0.3, 0.4) is 0 Å². The van der Waals surface area contributed by atoms with Crippen molar-refractivity contribution < 1.29 is 14.3 Å². The van der Waals surface area contributed by atoms with Crippen LogP contribution in [0.5, 0.6) is 0 Å². The third kappa shape index (κ3) is 5.57. The molecule has 0 radical (unpaired) electrons. The van der Waals surface area contributed by atoms with E-state index in [4.69, 9.17) is 11.2 Å². The number of hydrogen-bond donors (Lipinski definition) is 0. The molecule has 30 heavy (non-hydrogen) atoms. The van der Waals surface area contributed by atoms with Gasteiger partial charge in [-0.15, -0.1) is 12.3 Å². The van der Waals surface area contributed by atoms with Crippen molar-refractivity contribution in [1.29, 1.82) is 0 Å². The van der Waals surface area contributed by atoms with Crippen LogP contribution >= 0.6 is 0 Å². The number of hydrogen-bond acceptors (Lipinski definition) is 4. The minimum atomic E-state index is -0.487. The lowest BCUT2D eigenvalue weighted by Gasteiger charge is -2.36. The Balaban J connectivity index is 1.55. The summed E-state index contributed by atoms with van der Waals surface area (Å²) in [7, 11) is 0. The van der Waals surface area contributed by atoms with Crippen LogP contribution in [0, 0.1) is 12.3 Å². The number of amides is 2. The maximum atomic E-state index is 13.1. The number of carbonyl (C=O) groups is 2. The van der Waals surface area contributed by atoms with Crippen LogP contribution in [-0.2, 0) is 4.74 Å². The van der Waals surface area contributed by atoms with Gasteiger partial charge in [0.05, 0.1) is 0 Å². The molecule has 2 saturated heterocycles. The Morgan fingerprint density at radius 3 is 2.37 bits per heavy atom. The number of piperidine rings is 1. The maximum absolute atomic E-state index is 13.1. The molecule has 3 heterocycles. The Hall–Kier alpha value is -2.46. The van der Waals surface area contributed by atoms with Crippen molar-refractivity contribution >= 4 is 12.0 Å². The number of likely N-dealkylation sites (tertiary alicyclic amines) is 1. The summed E-state index contributed by atoms with van der Waals surface area (Å²) in [5.74, 6) is 2.77. The molecule has 2 aliphatic heterocycles. The Morgan fingerprint density at radius 2 is 1.77 bits per heavy atom. The van der Waals surface area contributed by atoms with E-state index in [1.165, 1.54) is 0 Å². The van der Waals surface area contributed by atoms with Crippen molar-refractivity contribution in [1.82, 2.24) is 19.3 Å². The minimum absolute atomic E-state index is 0.0890. The van der Waals surface area contributed by atoms with Crippen LogP contribution in [0.2, 0.25) is 0 Å². The number of terminal acetylenes is 1. The smallest absolute Gasteiger partial charge is 0.410 e. The van der Waals surface area contributed by atoms with Gasteiger partial charge < -0.3 is 19.1 Å². The van der Waals surface area contributed by atoms with Crippen molar-refractivity contribution in [3.8, 4) is 12.3 Å². The van der Waals surface area contributed by atoms with Gasteiger partial charge in [0.25, 0.3) is 5.91 Å². The summed E-state index contributed by atoms with van der Waals surface area (Å²) < 4.78 is 7.58. The molecule has 0 unspecified atom stereocenters. The predicted octanol–water partition coefficient (Wildman–Crippen LogP) is 2.84.